The average molecular weight is 286 g/mol. The Kier molecular flexibility index (Phi) is 3.73. The van der Waals surface area contributed by atoms with Crippen LogP contribution in [-0.4, -0.2) is 4.98 Å². The summed E-state index contributed by atoms with van der Waals surface area (Å²) in [5.41, 5.74) is 8.97. The van der Waals surface area contributed by atoms with Gasteiger partial charge in [0.15, 0.2) is 0 Å². The molecule has 0 spiro atoms. The van der Waals surface area contributed by atoms with Crippen molar-refractivity contribution < 1.29 is 0 Å². The normalized spacial score (nSPS) is 10.8. The van der Waals surface area contributed by atoms with Crippen molar-refractivity contribution in [2.75, 3.05) is 0 Å². The summed E-state index contributed by atoms with van der Waals surface area (Å²) in [6.07, 6.45) is 0.934. The smallest absolute Gasteiger partial charge is 0.0984 e. The van der Waals surface area contributed by atoms with Crippen molar-refractivity contribution >= 4 is 22.7 Å². The number of hydrogen-bond acceptors (Lipinski definition) is 4. The number of hydrogen-bond donors (Lipinski definition) is 1. The summed E-state index contributed by atoms with van der Waals surface area (Å²) in [5.74, 6) is 0. The Balaban J connectivity index is 1.80. The molecule has 0 aliphatic heterocycles. The third-order valence-electron chi connectivity index (χ3n) is 2.94. The zero-order valence-corrected chi connectivity index (χ0v) is 12.0. The van der Waals surface area contributed by atoms with E-state index in [1.807, 2.05) is 0 Å². The molecule has 0 amide bonds. The molecular formula is C15H14N2S2. The monoisotopic (exact) mass is 286 g/mol. The molecule has 96 valence electrons. The maximum absolute atomic E-state index is 5.61. The van der Waals surface area contributed by atoms with E-state index in [0.717, 1.165) is 23.2 Å². The molecule has 1 aromatic carbocycles. The molecule has 19 heavy (non-hydrogen) atoms. The zero-order valence-electron chi connectivity index (χ0n) is 10.4. The fourth-order valence-electron chi connectivity index (χ4n) is 1.90. The summed E-state index contributed by atoms with van der Waals surface area (Å²) in [7, 11) is 0. The van der Waals surface area contributed by atoms with Gasteiger partial charge in [-0.1, -0.05) is 30.3 Å². The van der Waals surface area contributed by atoms with Crippen LogP contribution >= 0.6 is 22.7 Å². The SMILES string of the molecule is NCc1ccc(-c2csc(Cc3cccs3)n2)cc1. The van der Waals surface area contributed by atoms with E-state index >= 15 is 0 Å². The fourth-order valence-corrected chi connectivity index (χ4v) is 3.53. The molecule has 0 saturated heterocycles. The van der Waals surface area contributed by atoms with E-state index in [-0.39, 0.29) is 0 Å². The lowest BCUT2D eigenvalue weighted by molar-refractivity contribution is 1.07. The Morgan fingerprint density at radius 1 is 1.05 bits per heavy atom. The van der Waals surface area contributed by atoms with Crippen molar-refractivity contribution in [1.29, 1.82) is 0 Å². The molecule has 0 aliphatic carbocycles. The van der Waals surface area contributed by atoms with Crippen LogP contribution in [0.4, 0.5) is 0 Å². The van der Waals surface area contributed by atoms with E-state index in [1.165, 1.54) is 9.88 Å². The third-order valence-corrected chi connectivity index (χ3v) is 4.67. The molecule has 0 saturated carbocycles. The second-order valence-corrected chi connectivity index (χ2v) is 6.26. The summed E-state index contributed by atoms with van der Waals surface area (Å²) in [4.78, 5) is 6.07. The highest BCUT2D eigenvalue weighted by atomic mass is 32.1. The Morgan fingerprint density at radius 3 is 2.58 bits per heavy atom. The number of aromatic nitrogens is 1. The molecule has 3 rings (SSSR count). The third kappa shape index (κ3) is 2.92. The zero-order chi connectivity index (χ0) is 13.1. The predicted octanol–water partition coefficient (Wildman–Crippen LogP) is 3.92. The summed E-state index contributed by atoms with van der Waals surface area (Å²) < 4.78 is 0. The van der Waals surface area contributed by atoms with Gasteiger partial charge in [-0.3, -0.25) is 0 Å². The number of nitrogens with zero attached hydrogens (tertiary/aromatic N) is 1. The largest absolute Gasteiger partial charge is 0.326 e. The molecule has 3 aromatic rings. The molecule has 2 nitrogen and oxygen atoms in total. The molecule has 0 aliphatic rings. The maximum Gasteiger partial charge on any atom is 0.0984 e. The Labute approximate surface area is 120 Å². The minimum absolute atomic E-state index is 0.584. The molecule has 0 unspecified atom stereocenters. The van der Waals surface area contributed by atoms with E-state index in [9.17, 15) is 0 Å². The van der Waals surface area contributed by atoms with Crippen molar-refractivity contribution in [2.45, 2.75) is 13.0 Å². The first kappa shape index (κ1) is 12.5. The van der Waals surface area contributed by atoms with Gasteiger partial charge in [0, 0.05) is 28.8 Å². The van der Waals surface area contributed by atoms with E-state index in [0.29, 0.717) is 6.54 Å². The minimum atomic E-state index is 0.584. The van der Waals surface area contributed by atoms with Crippen molar-refractivity contribution in [3.8, 4) is 11.3 Å². The molecule has 0 radical (unpaired) electrons. The molecule has 0 atom stereocenters. The Hall–Kier alpha value is -1.49. The molecular weight excluding hydrogens is 272 g/mol. The molecule has 2 heterocycles. The van der Waals surface area contributed by atoms with Crippen molar-refractivity contribution in [1.82, 2.24) is 4.98 Å². The molecule has 4 heteroatoms. The average Bonchev–Trinajstić information content (AvgIpc) is 3.11. The number of thiazole rings is 1. The van der Waals surface area contributed by atoms with Crippen molar-refractivity contribution in [3.05, 3.63) is 62.6 Å². The second-order valence-electron chi connectivity index (χ2n) is 4.28. The van der Waals surface area contributed by atoms with Crippen LogP contribution in [0, 0.1) is 0 Å². The van der Waals surface area contributed by atoms with E-state index in [2.05, 4.69) is 47.2 Å². The second kappa shape index (κ2) is 5.65. The summed E-state index contributed by atoms with van der Waals surface area (Å²) in [6.45, 7) is 0.584. The minimum Gasteiger partial charge on any atom is -0.326 e. The van der Waals surface area contributed by atoms with Gasteiger partial charge in [0.1, 0.15) is 0 Å². The van der Waals surface area contributed by atoms with Gasteiger partial charge < -0.3 is 5.73 Å². The van der Waals surface area contributed by atoms with Crippen LogP contribution in [0.25, 0.3) is 11.3 Å². The van der Waals surface area contributed by atoms with Gasteiger partial charge in [0.25, 0.3) is 0 Å². The maximum atomic E-state index is 5.61. The van der Waals surface area contributed by atoms with E-state index in [4.69, 9.17) is 10.7 Å². The van der Waals surface area contributed by atoms with Crippen LogP contribution in [0.15, 0.2) is 47.2 Å². The first-order valence-electron chi connectivity index (χ1n) is 6.11. The molecule has 2 N–H and O–H groups in total. The van der Waals surface area contributed by atoms with Gasteiger partial charge in [-0.2, -0.15) is 0 Å². The first-order valence-corrected chi connectivity index (χ1v) is 7.87. The lowest BCUT2D eigenvalue weighted by atomic mass is 10.1. The highest BCUT2D eigenvalue weighted by Crippen LogP contribution is 2.24. The molecule has 2 aromatic heterocycles. The molecule has 0 fully saturated rings. The number of thiophene rings is 1. The van der Waals surface area contributed by atoms with E-state index in [1.54, 1.807) is 22.7 Å². The topological polar surface area (TPSA) is 38.9 Å². The van der Waals surface area contributed by atoms with Crippen LogP contribution in [0.3, 0.4) is 0 Å². The standard InChI is InChI=1S/C15H14N2S2/c16-9-11-3-5-12(6-4-11)14-10-19-15(17-14)8-13-2-1-7-18-13/h1-7,10H,8-9,16H2. The summed E-state index contributed by atoms with van der Waals surface area (Å²) >= 11 is 3.50. The highest BCUT2D eigenvalue weighted by molar-refractivity contribution is 7.11. The lowest BCUT2D eigenvalue weighted by Crippen LogP contribution is -1.95. The number of nitrogens with two attached hydrogens (primary N) is 1. The van der Waals surface area contributed by atoms with Crippen molar-refractivity contribution in [2.24, 2.45) is 5.73 Å². The van der Waals surface area contributed by atoms with Crippen molar-refractivity contribution in [3.63, 3.8) is 0 Å². The van der Waals surface area contributed by atoms with Crippen LogP contribution in [-0.2, 0) is 13.0 Å². The number of rotatable bonds is 4. The van der Waals surface area contributed by atoms with Gasteiger partial charge in [-0.15, -0.1) is 22.7 Å². The van der Waals surface area contributed by atoms with Crippen LogP contribution < -0.4 is 5.73 Å². The van der Waals surface area contributed by atoms with Gasteiger partial charge >= 0.3 is 0 Å². The van der Waals surface area contributed by atoms with Gasteiger partial charge in [0.2, 0.25) is 0 Å². The Morgan fingerprint density at radius 2 is 1.89 bits per heavy atom. The predicted molar refractivity (Wildman–Crippen MR) is 82.6 cm³/mol. The van der Waals surface area contributed by atoms with Crippen LogP contribution in [0.2, 0.25) is 0 Å². The quantitative estimate of drug-likeness (QED) is 0.789. The van der Waals surface area contributed by atoms with Gasteiger partial charge in [-0.25, -0.2) is 4.98 Å². The number of benzene rings is 1. The van der Waals surface area contributed by atoms with Gasteiger partial charge in [-0.05, 0) is 17.0 Å². The summed E-state index contributed by atoms with van der Waals surface area (Å²) in [5, 5.41) is 5.40. The molecule has 0 bridgehead atoms. The Bertz CT molecular complexity index is 639. The first-order chi connectivity index (χ1) is 9.35. The fraction of sp³-hybridized carbons (Fsp3) is 0.133. The summed E-state index contributed by atoms with van der Waals surface area (Å²) in [6, 6.07) is 12.5. The highest BCUT2D eigenvalue weighted by Gasteiger charge is 2.06. The van der Waals surface area contributed by atoms with E-state index < -0.39 is 0 Å². The van der Waals surface area contributed by atoms with Gasteiger partial charge in [0.05, 0.1) is 10.7 Å². The van der Waals surface area contributed by atoms with Crippen LogP contribution in [0.1, 0.15) is 15.4 Å². The lowest BCUT2D eigenvalue weighted by Gasteiger charge is -1.99. The van der Waals surface area contributed by atoms with Crippen LogP contribution in [0.5, 0.6) is 0 Å².